The fraction of sp³-hybridized carbons (Fsp3) is 0.190. The summed E-state index contributed by atoms with van der Waals surface area (Å²) in [5.41, 5.74) is 2.05. The summed E-state index contributed by atoms with van der Waals surface area (Å²) in [4.78, 5) is 24.7. The van der Waals surface area contributed by atoms with Crippen molar-refractivity contribution in [2.24, 2.45) is 0 Å². The van der Waals surface area contributed by atoms with E-state index in [1.807, 2.05) is 60.7 Å². The Bertz CT molecular complexity index is 905. The van der Waals surface area contributed by atoms with E-state index in [0.717, 1.165) is 11.3 Å². The maximum atomic E-state index is 12.5. The van der Waals surface area contributed by atoms with Gasteiger partial charge in [0.2, 0.25) is 5.91 Å². The highest BCUT2D eigenvalue weighted by Gasteiger charge is 2.21. The third-order valence-corrected chi connectivity index (χ3v) is 4.01. The van der Waals surface area contributed by atoms with Crippen LogP contribution in [0.25, 0.3) is 5.69 Å². The Balaban J connectivity index is 1.82. The number of para-hydroxylation sites is 1. The van der Waals surface area contributed by atoms with Crippen LogP contribution in [-0.2, 0) is 16.0 Å². The van der Waals surface area contributed by atoms with E-state index in [2.05, 4.69) is 10.4 Å². The number of nitrogens with one attached hydrogen (secondary N) is 1. The Morgan fingerprint density at radius 2 is 1.70 bits per heavy atom. The average Bonchev–Trinajstić information content (AvgIpc) is 3.11. The van der Waals surface area contributed by atoms with Crippen molar-refractivity contribution in [3.8, 4) is 5.69 Å². The summed E-state index contributed by atoms with van der Waals surface area (Å²) in [6.07, 6.45) is 2.32. The third-order valence-electron chi connectivity index (χ3n) is 4.01. The molecule has 6 heteroatoms. The van der Waals surface area contributed by atoms with Crippen LogP contribution in [0, 0.1) is 0 Å². The van der Waals surface area contributed by atoms with Gasteiger partial charge in [-0.2, -0.15) is 5.10 Å². The van der Waals surface area contributed by atoms with Crippen LogP contribution in [0.2, 0.25) is 0 Å². The minimum atomic E-state index is -0.516. The molecule has 1 N–H and O–H groups in total. The molecule has 138 valence electrons. The number of aryl methyl sites for hydroxylation is 1. The van der Waals surface area contributed by atoms with Gasteiger partial charge in [0.25, 0.3) is 0 Å². The van der Waals surface area contributed by atoms with Gasteiger partial charge in [-0.1, -0.05) is 48.5 Å². The van der Waals surface area contributed by atoms with Crippen LogP contribution < -0.4 is 5.32 Å². The number of amides is 1. The predicted molar refractivity (Wildman–Crippen MR) is 103 cm³/mol. The lowest BCUT2D eigenvalue weighted by Gasteiger charge is -2.11. The van der Waals surface area contributed by atoms with Crippen LogP contribution >= 0.6 is 0 Å². The lowest BCUT2D eigenvalue weighted by molar-refractivity contribution is -0.116. The number of benzene rings is 2. The van der Waals surface area contributed by atoms with Crippen molar-refractivity contribution in [2.75, 3.05) is 11.9 Å². The first-order valence-corrected chi connectivity index (χ1v) is 8.83. The predicted octanol–water partition coefficient (Wildman–Crippen LogP) is 3.62. The summed E-state index contributed by atoms with van der Waals surface area (Å²) in [5, 5.41) is 7.09. The molecule has 0 aliphatic rings. The van der Waals surface area contributed by atoms with Gasteiger partial charge in [0.15, 0.2) is 5.82 Å². The molecule has 0 aliphatic carbocycles. The molecule has 2 aromatic carbocycles. The molecule has 0 saturated carbocycles. The van der Waals surface area contributed by atoms with Crippen molar-refractivity contribution >= 4 is 17.7 Å². The van der Waals surface area contributed by atoms with Gasteiger partial charge < -0.3 is 10.1 Å². The highest BCUT2D eigenvalue weighted by molar-refractivity contribution is 6.00. The molecule has 0 fully saturated rings. The van der Waals surface area contributed by atoms with Crippen LogP contribution in [0.3, 0.4) is 0 Å². The molecule has 3 rings (SSSR count). The first-order valence-electron chi connectivity index (χ1n) is 8.83. The largest absolute Gasteiger partial charge is 0.462 e. The fourth-order valence-corrected chi connectivity index (χ4v) is 2.69. The highest BCUT2D eigenvalue weighted by Crippen LogP contribution is 2.21. The van der Waals surface area contributed by atoms with E-state index in [4.69, 9.17) is 4.74 Å². The maximum absolute atomic E-state index is 12.5. The second-order valence-electron chi connectivity index (χ2n) is 5.91. The number of nitrogens with zero attached hydrogens (tertiary/aromatic N) is 2. The van der Waals surface area contributed by atoms with Gasteiger partial charge >= 0.3 is 5.97 Å². The van der Waals surface area contributed by atoms with Gasteiger partial charge in [-0.3, -0.25) is 4.79 Å². The van der Waals surface area contributed by atoms with Crippen molar-refractivity contribution in [1.82, 2.24) is 9.78 Å². The van der Waals surface area contributed by atoms with E-state index < -0.39 is 5.97 Å². The third kappa shape index (κ3) is 4.61. The minimum Gasteiger partial charge on any atom is -0.462 e. The standard InChI is InChI=1S/C21H21N3O3/c1-2-27-21(26)18-15-22-24(17-11-7-4-8-12-17)20(18)23-19(25)14-13-16-9-5-3-6-10-16/h3-12,15H,2,13-14H2,1H3,(H,23,25). The SMILES string of the molecule is CCOC(=O)c1cnn(-c2ccccc2)c1NC(=O)CCc1ccccc1. The summed E-state index contributed by atoms with van der Waals surface area (Å²) in [6, 6.07) is 19.1. The zero-order valence-electron chi connectivity index (χ0n) is 15.1. The summed E-state index contributed by atoms with van der Waals surface area (Å²) in [5.74, 6) is -0.391. The molecule has 1 aromatic heterocycles. The van der Waals surface area contributed by atoms with Crippen molar-refractivity contribution in [2.45, 2.75) is 19.8 Å². The molecule has 0 radical (unpaired) electrons. The molecule has 0 bridgehead atoms. The Hall–Kier alpha value is -3.41. The molecule has 27 heavy (non-hydrogen) atoms. The van der Waals surface area contributed by atoms with Gasteiger partial charge in [0.1, 0.15) is 5.56 Å². The topological polar surface area (TPSA) is 73.2 Å². The number of carbonyl (C=O) groups is 2. The van der Waals surface area contributed by atoms with Crippen molar-refractivity contribution < 1.29 is 14.3 Å². The zero-order valence-corrected chi connectivity index (χ0v) is 15.1. The molecule has 3 aromatic rings. The lowest BCUT2D eigenvalue weighted by Crippen LogP contribution is -2.18. The number of hydrogen-bond donors (Lipinski definition) is 1. The second kappa shape index (κ2) is 8.80. The normalized spacial score (nSPS) is 10.4. The smallest absolute Gasteiger partial charge is 0.343 e. The van der Waals surface area contributed by atoms with Gasteiger partial charge in [-0.25, -0.2) is 9.48 Å². The summed E-state index contributed by atoms with van der Waals surface area (Å²) in [6.45, 7) is 1.98. The zero-order chi connectivity index (χ0) is 19.1. The van der Waals surface area contributed by atoms with Crippen LogP contribution in [-0.4, -0.2) is 28.3 Å². The Kier molecular flexibility index (Phi) is 5.99. The Morgan fingerprint density at radius 3 is 2.37 bits per heavy atom. The quantitative estimate of drug-likeness (QED) is 0.651. The van der Waals surface area contributed by atoms with Gasteiger partial charge in [-0.05, 0) is 31.0 Å². The number of aromatic nitrogens is 2. The van der Waals surface area contributed by atoms with Gasteiger partial charge in [0.05, 0.1) is 18.5 Å². The van der Waals surface area contributed by atoms with Gasteiger partial charge in [-0.15, -0.1) is 0 Å². The second-order valence-corrected chi connectivity index (χ2v) is 5.91. The van der Waals surface area contributed by atoms with Crippen molar-refractivity contribution in [1.29, 1.82) is 0 Å². The molecule has 0 aliphatic heterocycles. The number of carbonyl (C=O) groups excluding carboxylic acids is 2. The summed E-state index contributed by atoms with van der Waals surface area (Å²) < 4.78 is 6.62. The molecule has 0 atom stereocenters. The number of esters is 1. The van der Waals surface area contributed by atoms with Gasteiger partial charge in [0, 0.05) is 6.42 Å². The van der Waals surface area contributed by atoms with E-state index in [1.165, 1.54) is 10.9 Å². The number of anilines is 1. The summed E-state index contributed by atoms with van der Waals surface area (Å²) >= 11 is 0. The maximum Gasteiger partial charge on any atom is 0.343 e. The molecular weight excluding hydrogens is 342 g/mol. The fourth-order valence-electron chi connectivity index (χ4n) is 2.69. The number of rotatable bonds is 7. The van der Waals surface area contributed by atoms with Crippen LogP contribution in [0.15, 0.2) is 66.9 Å². The van der Waals surface area contributed by atoms with E-state index in [1.54, 1.807) is 6.92 Å². The number of ether oxygens (including phenoxy) is 1. The van der Waals surface area contributed by atoms with E-state index in [-0.39, 0.29) is 18.1 Å². The van der Waals surface area contributed by atoms with E-state index in [9.17, 15) is 9.59 Å². The molecule has 0 saturated heterocycles. The monoisotopic (exact) mass is 363 g/mol. The number of hydrogen-bond acceptors (Lipinski definition) is 4. The van der Waals surface area contributed by atoms with E-state index >= 15 is 0 Å². The molecule has 0 unspecified atom stereocenters. The van der Waals surface area contributed by atoms with E-state index in [0.29, 0.717) is 18.7 Å². The minimum absolute atomic E-state index is 0.193. The first kappa shape index (κ1) is 18.4. The van der Waals surface area contributed by atoms with Crippen molar-refractivity contribution in [3.05, 3.63) is 78.0 Å². The average molecular weight is 363 g/mol. The van der Waals surface area contributed by atoms with Crippen LogP contribution in [0.5, 0.6) is 0 Å². The Labute approximate surface area is 157 Å². The molecule has 0 spiro atoms. The summed E-state index contributed by atoms with van der Waals surface area (Å²) in [7, 11) is 0. The molecular formula is C21H21N3O3. The highest BCUT2D eigenvalue weighted by atomic mass is 16.5. The molecule has 1 amide bonds. The van der Waals surface area contributed by atoms with Crippen LogP contribution in [0.1, 0.15) is 29.3 Å². The molecule has 6 nitrogen and oxygen atoms in total. The Morgan fingerprint density at radius 1 is 1.04 bits per heavy atom. The van der Waals surface area contributed by atoms with Crippen LogP contribution in [0.4, 0.5) is 5.82 Å². The van der Waals surface area contributed by atoms with Crippen molar-refractivity contribution in [3.63, 3.8) is 0 Å². The lowest BCUT2D eigenvalue weighted by atomic mass is 10.1. The molecule has 1 heterocycles. The first-order chi connectivity index (χ1) is 13.2.